The van der Waals surface area contributed by atoms with E-state index in [-0.39, 0.29) is 23.8 Å². The van der Waals surface area contributed by atoms with Crippen molar-refractivity contribution in [1.29, 1.82) is 0 Å². The highest BCUT2D eigenvalue weighted by Crippen LogP contribution is 2.26. The number of carbonyl (C=O) groups excluding carboxylic acids is 1. The van der Waals surface area contributed by atoms with Gasteiger partial charge in [-0.3, -0.25) is 0 Å². The molecule has 4 nitrogen and oxygen atoms in total. The van der Waals surface area contributed by atoms with Crippen LogP contribution in [0.15, 0.2) is 42.5 Å². The van der Waals surface area contributed by atoms with Crippen LogP contribution in [0.2, 0.25) is 5.02 Å². The number of hydrogen-bond donors (Lipinski definition) is 3. The molecule has 0 saturated heterocycles. The number of phenols is 1. The van der Waals surface area contributed by atoms with Crippen LogP contribution in [-0.2, 0) is 6.42 Å². The fraction of sp³-hybridized carbons (Fsp3) is 0.133. The molecule has 0 aliphatic carbocycles. The molecule has 0 aliphatic heterocycles. The number of aromatic hydroxyl groups is 1. The molecule has 0 spiro atoms. The van der Waals surface area contributed by atoms with Gasteiger partial charge in [-0.15, -0.1) is 0 Å². The number of amides is 2. The van der Waals surface area contributed by atoms with Gasteiger partial charge in [0.05, 0.1) is 5.69 Å². The van der Waals surface area contributed by atoms with Crippen LogP contribution < -0.4 is 10.6 Å². The summed E-state index contributed by atoms with van der Waals surface area (Å²) in [6, 6.07) is 10.2. The molecule has 2 aromatic carbocycles. The second-order valence-corrected chi connectivity index (χ2v) is 4.82. The van der Waals surface area contributed by atoms with Crippen molar-refractivity contribution in [3.8, 4) is 5.75 Å². The Bertz CT molecular complexity index is 649. The molecule has 0 atom stereocenters. The molecule has 0 radical (unpaired) electrons. The van der Waals surface area contributed by atoms with Gasteiger partial charge < -0.3 is 15.7 Å². The lowest BCUT2D eigenvalue weighted by atomic mass is 10.1. The molecule has 0 aliphatic rings. The number of carbonyl (C=O) groups is 1. The van der Waals surface area contributed by atoms with E-state index in [1.165, 1.54) is 24.3 Å². The third kappa shape index (κ3) is 4.36. The van der Waals surface area contributed by atoms with Crippen molar-refractivity contribution in [2.75, 3.05) is 11.9 Å². The van der Waals surface area contributed by atoms with Gasteiger partial charge in [0.1, 0.15) is 11.6 Å². The predicted molar refractivity (Wildman–Crippen MR) is 80.2 cm³/mol. The zero-order valence-electron chi connectivity index (χ0n) is 11.1. The number of benzene rings is 2. The van der Waals surface area contributed by atoms with Crippen molar-refractivity contribution in [1.82, 2.24) is 5.32 Å². The Kier molecular flexibility index (Phi) is 5.00. The van der Waals surface area contributed by atoms with Gasteiger partial charge in [-0.1, -0.05) is 29.8 Å². The van der Waals surface area contributed by atoms with E-state index in [2.05, 4.69) is 10.6 Å². The van der Waals surface area contributed by atoms with Gasteiger partial charge in [0.25, 0.3) is 0 Å². The molecule has 2 rings (SSSR count). The van der Waals surface area contributed by atoms with Crippen molar-refractivity contribution in [2.45, 2.75) is 6.42 Å². The van der Waals surface area contributed by atoms with Crippen molar-refractivity contribution in [3.05, 3.63) is 58.9 Å². The molecule has 110 valence electrons. The summed E-state index contributed by atoms with van der Waals surface area (Å²) >= 11 is 5.78. The van der Waals surface area contributed by atoms with Crippen LogP contribution >= 0.6 is 11.6 Å². The normalized spacial score (nSPS) is 10.2. The fourth-order valence-electron chi connectivity index (χ4n) is 1.79. The van der Waals surface area contributed by atoms with Gasteiger partial charge in [0, 0.05) is 11.6 Å². The van der Waals surface area contributed by atoms with Crippen molar-refractivity contribution in [3.63, 3.8) is 0 Å². The number of halogens is 2. The van der Waals surface area contributed by atoms with Crippen LogP contribution in [0.5, 0.6) is 5.75 Å². The van der Waals surface area contributed by atoms with Crippen molar-refractivity contribution >= 4 is 23.3 Å². The SMILES string of the molecule is O=C(NCCc1ccccc1F)Nc1cc(Cl)ccc1O. The van der Waals surface area contributed by atoms with E-state index >= 15 is 0 Å². The lowest BCUT2D eigenvalue weighted by molar-refractivity contribution is 0.252. The van der Waals surface area contributed by atoms with Crippen LogP contribution in [-0.4, -0.2) is 17.7 Å². The second kappa shape index (κ2) is 6.95. The smallest absolute Gasteiger partial charge is 0.319 e. The van der Waals surface area contributed by atoms with Crippen molar-refractivity contribution in [2.24, 2.45) is 0 Å². The summed E-state index contributed by atoms with van der Waals surface area (Å²) < 4.78 is 13.4. The zero-order valence-corrected chi connectivity index (χ0v) is 11.8. The maximum atomic E-state index is 13.4. The second-order valence-electron chi connectivity index (χ2n) is 4.38. The number of rotatable bonds is 4. The summed E-state index contributed by atoms with van der Waals surface area (Å²) in [6.45, 7) is 0.272. The van der Waals surface area contributed by atoms with Crippen LogP contribution in [0.25, 0.3) is 0 Å². The number of nitrogens with one attached hydrogen (secondary N) is 2. The minimum atomic E-state index is -0.496. The van der Waals surface area contributed by atoms with Gasteiger partial charge in [-0.2, -0.15) is 0 Å². The van der Waals surface area contributed by atoms with Crippen molar-refractivity contribution < 1.29 is 14.3 Å². The van der Waals surface area contributed by atoms with E-state index in [1.807, 2.05) is 0 Å². The maximum absolute atomic E-state index is 13.4. The number of anilines is 1. The summed E-state index contributed by atoms with van der Waals surface area (Å²) in [4.78, 5) is 11.7. The first kappa shape index (κ1) is 15.1. The Morgan fingerprint density at radius 3 is 2.76 bits per heavy atom. The first-order valence-electron chi connectivity index (χ1n) is 6.33. The average Bonchev–Trinajstić information content (AvgIpc) is 2.45. The lowest BCUT2D eigenvalue weighted by Gasteiger charge is -2.09. The Hall–Kier alpha value is -2.27. The van der Waals surface area contributed by atoms with Gasteiger partial charge in [0.15, 0.2) is 0 Å². The highest BCUT2D eigenvalue weighted by atomic mass is 35.5. The van der Waals surface area contributed by atoms with Crippen LogP contribution in [0.3, 0.4) is 0 Å². The monoisotopic (exact) mass is 308 g/mol. The molecule has 0 heterocycles. The van der Waals surface area contributed by atoms with Crippen LogP contribution in [0.1, 0.15) is 5.56 Å². The lowest BCUT2D eigenvalue weighted by Crippen LogP contribution is -2.30. The largest absolute Gasteiger partial charge is 0.506 e. The average molecular weight is 309 g/mol. The van der Waals surface area contributed by atoms with E-state index in [0.717, 1.165) is 0 Å². The van der Waals surface area contributed by atoms with Gasteiger partial charge in [-0.05, 0) is 36.2 Å². The summed E-state index contributed by atoms with van der Waals surface area (Å²) in [5, 5.41) is 15.0. The highest BCUT2D eigenvalue weighted by molar-refractivity contribution is 6.31. The van der Waals surface area contributed by atoms with Crippen LogP contribution in [0, 0.1) is 5.82 Å². The van der Waals surface area contributed by atoms with E-state index < -0.39 is 6.03 Å². The summed E-state index contributed by atoms with van der Waals surface area (Å²) in [7, 11) is 0. The minimum Gasteiger partial charge on any atom is -0.506 e. The van der Waals surface area contributed by atoms with Crippen LogP contribution in [0.4, 0.5) is 14.9 Å². The molecule has 0 aromatic heterocycles. The Labute approximate surface area is 126 Å². The Morgan fingerprint density at radius 1 is 1.24 bits per heavy atom. The van der Waals surface area contributed by atoms with E-state index in [9.17, 15) is 14.3 Å². The maximum Gasteiger partial charge on any atom is 0.319 e. The third-order valence-electron chi connectivity index (χ3n) is 2.84. The topological polar surface area (TPSA) is 61.4 Å². The zero-order chi connectivity index (χ0) is 15.2. The van der Waals surface area contributed by atoms with Gasteiger partial charge in [-0.25, -0.2) is 9.18 Å². The molecule has 0 fully saturated rings. The number of hydrogen-bond acceptors (Lipinski definition) is 2. The molecule has 0 unspecified atom stereocenters. The molecular formula is C15H14ClFN2O2. The fourth-order valence-corrected chi connectivity index (χ4v) is 1.96. The first-order valence-corrected chi connectivity index (χ1v) is 6.71. The summed E-state index contributed by atoms with van der Waals surface area (Å²) in [5.41, 5.74) is 0.745. The number of phenolic OH excluding ortho intramolecular Hbond substituents is 1. The number of urea groups is 1. The molecule has 6 heteroatoms. The summed E-state index contributed by atoms with van der Waals surface area (Å²) in [6.07, 6.45) is 0.377. The molecule has 0 bridgehead atoms. The Morgan fingerprint density at radius 2 is 2.00 bits per heavy atom. The van der Waals surface area contributed by atoms with Gasteiger partial charge >= 0.3 is 6.03 Å². The molecule has 3 N–H and O–H groups in total. The van der Waals surface area contributed by atoms with Gasteiger partial charge in [0.2, 0.25) is 0 Å². The molecular weight excluding hydrogens is 295 g/mol. The van der Waals surface area contributed by atoms with E-state index in [1.54, 1.807) is 18.2 Å². The van der Waals surface area contributed by atoms with E-state index in [4.69, 9.17) is 11.6 Å². The summed E-state index contributed by atoms with van der Waals surface area (Å²) in [5.74, 6) is -0.379. The standard InChI is InChI=1S/C15H14ClFN2O2/c16-11-5-6-14(20)13(9-11)19-15(21)18-8-7-10-3-1-2-4-12(10)17/h1-6,9,20H,7-8H2,(H2,18,19,21). The van der Waals surface area contributed by atoms with E-state index in [0.29, 0.717) is 17.0 Å². The first-order chi connectivity index (χ1) is 10.1. The molecule has 2 amide bonds. The molecule has 2 aromatic rings. The third-order valence-corrected chi connectivity index (χ3v) is 3.08. The Balaban J connectivity index is 1.85. The molecule has 0 saturated carbocycles. The predicted octanol–water partition coefficient (Wildman–Crippen LogP) is 3.55. The highest BCUT2D eigenvalue weighted by Gasteiger charge is 2.07. The quantitative estimate of drug-likeness (QED) is 0.756. The molecule has 21 heavy (non-hydrogen) atoms. The minimum absolute atomic E-state index is 0.0800.